The molecular weight excluding hydrogens is 288 g/mol. The maximum absolute atomic E-state index is 12.2. The molecule has 0 aliphatic heterocycles. The standard InChI is InChI=1S/C16H16O4S/c1-11-8-9-13(10-12(11)2)20-16(17)14-6-4-5-7-15(14)21(3,18)19/h4-10H,1-3H3. The molecule has 0 fully saturated rings. The fourth-order valence-electron chi connectivity index (χ4n) is 1.90. The van der Waals surface area contributed by atoms with E-state index in [1.807, 2.05) is 19.9 Å². The van der Waals surface area contributed by atoms with Gasteiger partial charge in [0.2, 0.25) is 0 Å². The lowest BCUT2D eigenvalue weighted by Crippen LogP contribution is -2.13. The summed E-state index contributed by atoms with van der Waals surface area (Å²) in [7, 11) is -3.49. The number of carbonyl (C=O) groups is 1. The summed E-state index contributed by atoms with van der Waals surface area (Å²) in [6.45, 7) is 3.87. The smallest absolute Gasteiger partial charge is 0.344 e. The first kappa shape index (κ1) is 15.3. The van der Waals surface area contributed by atoms with Crippen LogP contribution in [0.5, 0.6) is 5.75 Å². The zero-order chi connectivity index (χ0) is 15.6. The van der Waals surface area contributed by atoms with Gasteiger partial charge in [0, 0.05) is 6.26 Å². The Bertz CT molecular complexity index is 792. The van der Waals surface area contributed by atoms with Gasteiger partial charge in [0.15, 0.2) is 9.84 Å². The van der Waals surface area contributed by atoms with Crippen molar-refractivity contribution in [1.82, 2.24) is 0 Å². The van der Waals surface area contributed by atoms with Crippen molar-refractivity contribution in [2.75, 3.05) is 6.26 Å². The fourth-order valence-corrected chi connectivity index (χ4v) is 2.77. The summed E-state index contributed by atoms with van der Waals surface area (Å²) in [5, 5.41) is 0. The van der Waals surface area contributed by atoms with E-state index in [0.717, 1.165) is 17.4 Å². The van der Waals surface area contributed by atoms with Crippen LogP contribution >= 0.6 is 0 Å². The molecule has 2 aromatic carbocycles. The number of benzene rings is 2. The van der Waals surface area contributed by atoms with Crippen LogP contribution in [0.3, 0.4) is 0 Å². The second-order valence-corrected chi connectivity index (χ2v) is 6.89. The second kappa shape index (κ2) is 5.69. The van der Waals surface area contributed by atoms with E-state index in [9.17, 15) is 13.2 Å². The molecule has 0 bridgehead atoms. The van der Waals surface area contributed by atoms with E-state index in [2.05, 4.69) is 0 Å². The van der Waals surface area contributed by atoms with Gasteiger partial charge in [-0.3, -0.25) is 0 Å². The van der Waals surface area contributed by atoms with Gasteiger partial charge in [-0.15, -0.1) is 0 Å². The Balaban J connectivity index is 2.35. The molecule has 110 valence electrons. The summed E-state index contributed by atoms with van der Waals surface area (Å²) in [5.41, 5.74) is 2.13. The third kappa shape index (κ3) is 3.49. The highest BCUT2D eigenvalue weighted by Gasteiger charge is 2.19. The molecule has 0 amide bonds. The van der Waals surface area contributed by atoms with Gasteiger partial charge in [-0.05, 0) is 49.2 Å². The van der Waals surface area contributed by atoms with Crippen molar-refractivity contribution in [1.29, 1.82) is 0 Å². The Labute approximate surface area is 124 Å². The second-order valence-electron chi connectivity index (χ2n) is 4.90. The molecule has 0 saturated heterocycles. The normalized spacial score (nSPS) is 11.2. The molecule has 0 aromatic heterocycles. The summed E-state index contributed by atoms with van der Waals surface area (Å²) in [6, 6.07) is 11.3. The lowest BCUT2D eigenvalue weighted by atomic mass is 10.1. The lowest BCUT2D eigenvalue weighted by Gasteiger charge is -2.09. The Hall–Kier alpha value is -2.14. The van der Waals surface area contributed by atoms with Crippen molar-refractivity contribution in [3.8, 4) is 5.75 Å². The number of hydrogen-bond acceptors (Lipinski definition) is 4. The molecule has 0 saturated carbocycles. The molecule has 21 heavy (non-hydrogen) atoms. The van der Waals surface area contributed by atoms with E-state index in [4.69, 9.17) is 4.74 Å². The maximum atomic E-state index is 12.2. The Morgan fingerprint density at radius 2 is 1.67 bits per heavy atom. The van der Waals surface area contributed by atoms with E-state index in [0.29, 0.717) is 5.75 Å². The quantitative estimate of drug-likeness (QED) is 0.646. The van der Waals surface area contributed by atoms with Crippen LogP contribution in [0.25, 0.3) is 0 Å². The minimum atomic E-state index is -3.49. The molecule has 4 nitrogen and oxygen atoms in total. The number of hydrogen-bond donors (Lipinski definition) is 0. The number of sulfone groups is 1. The summed E-state index contributed by atoms with van der Waals surface area (Å²) in [6.07, 6.45) is 1.06. The molecule has 0 heterocycles. The number of rotatable bonds is 3. The predicted octanol–water partition coefficient (Wildman–Crippen LogP) is 2.93. The van der Waals surface area contributed by atoms with Crippen molar-refractivity contribution in [2.45, 2.75) is 18.7 Å². The maximum Gasteiger partial charge on any atom is 0.344 e. The van der Waals surface area contributed by atoms with Crippen molar-refractivity contribution >= 4 is 15.8 Å². The van der Waals surface area contributed by atoms with Crippen molar-refractivity contribution < 1.29 is 17.9 Å². The van der Waals surface area contributed by atoms with Crippen molar-refractivity contribution in [3.63, 3.8) is 0 Å². The summed E-state index contributed by atoms with van der Waals surface area (Å²) in [4.78, 5) is 12.2. The van der Waals surface area contributed by atoms with Gasteiger partial charge in [0.1, 0.15) is 5.75 Å². The van der Waals surface area contributed by atoms with Crippen LogP contribution in [0.1, 0.15) is 21.5 Å². The zero-order valence-electron chi connectivity index (χ0n) is 12.1. The molecule has 0 radical (unpaired) electrons. The van der Waals surface area contributed by atoms with Crippen LogP contribution in [0.2, 0.25) is 0 Å². The minimum Gasteiger partial charge on any atom is -0.423 e. The van der Waals surface area contributed by atoms with Crippen molar-refractivity contribution in [3.05, 3.63) is 59.2 Å². The molecule has 5 heteroatoms. The molecule has 0 N–H and O–H groups in total. The predicted molar refractivity (Wildman–Crippen MR) is 80.4 cm³/mol. The van der Waals surface area contributed by atoms with Gasteiger partial charge < -0.3 is 4.74 Å². The van der Waals surface area contributed by atoms with Crippen LogP contribution in [0, 0.1) is 13.8 Å². The molecule has 0 atom stereocenters. The molecule has 0 aliphatic rings. The van der Waals surface area contributed by atoms with Crippen molar-refractivity contribution in [2.24, 2.45) is 0 Å². The van der Waals surface area contributed by atoms with E-state index in [1.165, 1.54) is 12.1 Å². The minimum absolute atomic E-state index is 0.0289. The topological polar surface area (TPSA) is 60.4 Å². The zero-order valence-corrected chi connectivity index (χ0v) is 12.9. The molecule has 0 unspecified atom stereocenters. The number of ether oxygens (including phenoxy) is 1. The van der Waals surface area contributed by atoms with Crippen LogP contribution < -0.4 is 4.74 Å². The van der Waals surface area contributed by atoms with Gasteiger partial charge in [0.25, 0.3) is 0 Å². The molecule has 0 aliphatic carbocycles. The average Bonchev–Trinajstić information content (AvgIpc) is 2.42. The van der Waals surface area contributed by atoms with Crippen LogP contribution in [0.4, 0.5) is 0 Å². The number of esters is 1. The van der Waals surface area contributed by atoms with E-state index in [1.54, 1.807) is 24.3 Å². The van der Waals surface area contributed by atoms with Gasteiger partial charge >= 0.3 is 5.97 Å². The SMILES string of the molecule is Cc1ccc(OC(=O)c2ccccc2S(C)(=O)=O)cc1C. The first-order valence-electron chi connectivity index (χ1n) is 6.37. The highest BCUT2D eigenvalue weighted by molar-refractivity contribution is 7.90. The van der Waals surface area contributed by atoms with Crippen LogP contribution in [-0.2, 0) is 9.84 Å². The summed E-state index contributed by atoms with van der Waals surface area (Å²) in [5.74, 6) is -0.286. The fraction of sp³-hybridized carbons (Fsp3) is 0.188. The van der Waals surface area contributed by atoms with Gasteiger partial charge in [-0.25, -0.2) is 13.2 Å². The average molecular weight is 304 g/mol. The first-order valence-corrected chi connectivity index (χ1v) is 8.26. The molecule has 2 rings (SSSR count). The Morgan fingerprint density at radius 1 is 1.00 bits per heavy atom. The highest BCUT2D eigenvalue weighted by atomic mass is 32.2. The third-order valence-corrected chi connectivity index (χ3v) is 4.35. The molecule has 2 aromatic rings. The Kier molecular flexibility index (Phi) is 4.14. The van der Waals surface area contributed by atoms with Crippen LogP contribution in [0.15, 0.2) is 47.4 Å². The number of aryl methyl sites for hydroxylation is 2. The Morgan fingerprint density at radius 3 is 2.29 bits per heavy atom. The third-order valence-electron chi connectivity index (χ3n) is 3.20. The largest absolute Gasteiger partial charge is 0.423 e. The first-order chi connectivity index (χ1) is 9.79. The lowest BCUT2D eigenvalue weighted by molar-refractivity contribution is 0.0730. The highest BCUT2D eigenvalue weighted by Crippen LogP contribution is 2.20. The van der Waals surface area contributed by atoms with Gasteiger partial charge in [-0.2, -0.15) is 0 Å². The van der Waals surface area contributed by atoms with Gasteiger partial charge in [-0.1, -0.05) is 18.2 Å². The van der Waals surface area contributed by atoms with Gasteiger partial charge in [0.05, 0.1) is 10.5 Å². The summed E-state index contributed by atoms with van der Waals surface area (Å²) < 4.78 is 28.7. The summed E-state index contributed by atoms with van der Waals surface area (Å²) >= 11 is 0. The molecular formula is C16H16O4S. The number of carbonyl (C=O) groups excluding carboxylic acids is 1. The van der Waals surface area contributed by atoms with E-state index < -0.39 is 15.8 Å². The van der Waals surface area contributed by atoms with Crippen LogP contribution in [-0.4, -0.2) is 20.6 Å². The molecule has 0 spiro atoms. The van der Waals surface area contributed by atoms with E-state index in [-0.39, 0.29) is 10.5 Å². The monoisotopic (exact) mass is 304 g/mol. The van der Waals surface area contributed by atoms with E-state index >= 15 is 0 Å².